The maximum absolute atomic E-state index is 8.99. The molecule has 0 spiro atoms. The molecule has 6 heteroatoms. The summed E-state index contributed by atoms with van der Waals surface area (Å²) in [6.45, 7) is 0.469. The highest BCUT2D eigenvalue weighted by molar-refractivity contribution is 6.30. The first-order valence-corrected chi connectivity index (χ1v) is 8.97. The predicted octanol–water partition coefficient (Wildman–Crippen LogP) is 4.42. The smallest absolute Gasteiger partial charge is 0.180 e. The highest BCUT2D eigenvalue weighted by Gasteiger charge is 2.14. The van der Waals surface area contributed by atoms with Crippen LogP contribution in [0.15, 0.2) is 66.7 Å². The molecule has 0 atom stereocenters. The van der Waals surface area contributed by atoms with Gasteiger partial charge in [0, 0.05) is 22.7 Å². The minimum atomic E-state index is 0.0379. The molecule has 4 rings (SSSR count). The lowest BCUT2D eigenvalue weighted by molar-refractivity contribution is 0.311. The topological polar surface area (TPSA) is 70.9 Å². The second-order valence-corrected chi connectivity index (χ2v) is 6.42. The number of rotatable bonds is 5. The van der Waals surface area contributed by atoms with E-state index in [1.54, 1.807) is 0 Å². The zero-order valence-electron chi connectivity index (χ0n) is 14.4. The Hall–Kier alpha value is -3.02. The number of aromatic nitrogens is 3. The van der Waals surface area contributed by atoms with E-state index < -0.39 is 0 Å². The summed E-state index contributed by atoms with van der Waals surface area (Å²) in [5, 5.41) is 12.7. The van der Waals surface area contributed by atoms with Gasteiger partial charge < -0.3 is 10.4 Å². The van der Waals surface area contributed by atoms with Crippen molar-refractivity contribution >= 4 is 28.6 Å². The Morgan fingerprint density at radius 1 is 0.778 bits per heavy atom. The summed E-state index contributed by atoms with van der Waals surface area (Å²) in [6, 6.07) is 21.2. The molecule has 2 aromatic heterocycles. The van der Waals surface area contributed by atoms with Crippen LogP contribution in [0.4, 0.5) is 5.82 Å². The predicted molar refractivity (Wildman–Crippen MR) is 109 cm³/mol. The van der Waals surface area contributed by atoms with Crippen molar-refractivity contribution in [2.75, 3.05) is 18.5 Å². The van der Waals surface area contributed by atoms with Crippen molar-refractivity contribution in [3.8, 4) is 22.5 Å². The molecule has 0 radical (unpaired) electrons. The van der Waals surface area contributed by atoms with E-state index in [1.807, 2.05) is 66.7 Å². The Balaban J connectivity index is 1.90. The van der Waals surface area contributed by atoms with Gasteiger partial charge in [-0.25, -0.2) is 15.0 Å². The number of halogens is 1. The summed E-state index contributed by atoms with van der Waals surface area (Å²) < 4.78 is 0. The average molecular weight is 377 g/mol. The molecule has 0 unspecified atom stereocenters. The quantitative estimate of drug-likeness (QED) is 0.539. The number of fused-ring (bicyclic) bond motifs is 1. The second-order valence-electron chi connectivity index (χ2n) is 5.98. The van der Waals surface area contributed by atoms with Crippen molar-refractivity contribution in [3.05, 3.63) is 71.8 Å². The van der Waals surface area contributed by atoms with Gasteiger partial charge in [-0.1, -0.05) is 54.1 Å². The van der Waals surface area contributed by atoms with Crippen molar-refractivity contribution < 1.29 is 5.11 Å². The maximum atomic E-state index is 8.99. The van der Waals surface area contributed by atoms with Gasteiger partial charge in [-0.2, -0.15) is 0 Å². The van der Waals surface area contributed by atoms with Crippen LogP contribution in [0.5, 0.6) is 0 Å². The fourth-order valence-electron chi connectivity index (χ4n) is 2.83. The summed E-state index contributed by atoms with van der Waals surface area (Å²) in [4.78, 5) is 14.2. The third kappa shape index (κ3) is 3.74. The molecule has 0 saturated heterocycles. The van der Waals surface area contributed by atoms with Gasteiger partial charge in [-0.3, -0.25) is 0 Å². The van der Waals surface area contributed by atoms with Gasteiger partial charge in [0.15, 0.2) is 5.65 Å². The minimum Gasteiger partial charge on any atom is -0.395 e. The van der Waals surface area contributed by atoms with E-state index in [9.17, 15) is 0 Å². The molecule has 0 bridgehead atoms. The van der Waals surface area contributed by atoms with E-state index in [2.05, 4.69) is 10.3 Å². The summed E-state index contributed by atoms with van der Waals surface area (Å²) in [5.41, 5.74) is 4.70. The molecule has 0 fully saturated rings. The number of aliphatic hydroxyl groups excluding tert-OH is 1. The number of nitrogens with one attached hydrogen (secondary N) is 1. The molecule has 0 amide bonds. The lowest BCUT2D eigenvalue weighted by Crippen LogP contribution is -2.07. The van der Waals surface area contributed by atoms with Crippen LogP contribution < -0.4 is 5.32 Å². The Kier molecular flexibility index (Phi) is 4.96. The Morgan fingerprint density at radius 3 is 2.22 bits per heavy atom. The summed E-state index contributed by atoms with van der Waals surface area (Å²) in [6.07, 6.45) is 0. The van der Waals surface area contributed by atoms with Crippen molar-refractivity contribution in [2.24, 2.45) is 0 Å². The van der Waals surface area contributed by atoms with Crippen LogP contribution in [0.1, 0.15) is 0 Å². The first-order valence-electron chi connectivity index (χ1n) is 8.59. The first kappa shape index (κ1) is 17.4. The number of benzene rings is 2. The summed E-state index contributed by atoms with van der Waals surface area (Å²) in [5.74, 6) is 0.657. The van der Waals surface area contributed by atoms with E-state index in [-0.39, 0.29) is 6.61 Å². The van der Waals surface area contributed by atoms with Gasteiger partial charge in [0.05, 0.1) is 18.0 Å². The van der Waals surface area contributed by atoms with E-state index >= 15 is 0 Å². The fourth-order valence-corrected chi connectivity index (χ4v) is 2.96. The average Bonchev–Trinajstić information content (AvgIpc) is 2.72. The summed E-state index contributed by atoms with van der Waals surface area (Å²) in [7, 11) is 0. The van der Waals surface area contributed by atoms with Gasteiger partial charge in [-0.15, -0.1) is 0 Å². The lowest BCUT2D eigenvalue weighted by Gasteiger charge is -2.11. The van der Waals surface area contributed by atoms with Crippen LogP contribution in [-0.4, -0.2) is 33.2 Å². The molecule has 2 heterocycles. The zero-order chi connectivity index (χ0) is 18.6. The SMILES string of the molecule is OCCNc1ccc2nc(-c3ccc(Cl)cc3)c(-c3ccccc3)nc2n1. The number of hydrogen-bond acceptors (Lipinski definition) is 5. The van der Waals surface area contributed by atoms with Crippen LogP contribution in [0.25, 0.3) is 33.7 Å². The van der Waals surface area contributed by atoms with Crippen LogP contribution in [0.2, 0.25) is 5.02 Å². The molecule has 2 N–H and O–H groups in total. The normalized spacial score (nSPS) is 10.9. The maximum Gasteiger partial charge on any atom is 0.180 e. The van der Waals surface area contributed by atoms with Crippen LogP contribution >= 0.6 is 11.6 Å². The highest BCUT2D eigenvalue weighted by atomic mass is 35.5. The van der Waals surface area contributed by atoms with E-state index in [0.717, 1.165) is 22.5 Å². The van der Waals surface area contributed by atoms with Gasteiger partial charge in [0.1, 0.15) is 11.3 Å². The van der Waals surface area contributed by atoms with Gasteiger partial charge in [0.2, 0.25) is 0 Å². The minimum absolute atomic E-state index is 0.0379. The zero-order valence-corrected chi connectivity index (χ0v) is 15.2. The van der Waals surface area contributed by atoms with Crippen molar-refractivity contribution in [1.82, 2.24) is 15.0 Å². The Labute approximate surface area is 161 Å². The number of hydrogen-bond donors (Lipinski definition) is 2. The standard InChI is InChI=1S/C21H17ClN4O/c22-16-8-6-15(7-9-16)19-20(14-4-2-1-3-5-14)26-21-17(24-19)10-11-18(25-21)23-12-13-27/h1-11,27H,12-13H2,(H,23,25,26). The van der Waals surface area contributed by atoms with Crippen molar-refractivity contribution in [2.45, 2.75) is 0 Å². The second kappa shape index (κ2) is 7.70. The van der Waals surface area contributed by atoms with E-state index in [0.29, 0.717) is 28.5 Å². The first-order chi connectivity index (χ1) is 13.2. The molecular formula is C21H17ClN4O. The number of aliphatic hydroxyl groups is 1. The third-order valence-corrected chi connectivity index (χ3v) is 4.36. The molecule has 0 aliphatic carbocycles. The lowest BCUT2D eigenvalue weighted by atomic mass is 10.0. The summed E-state index contributed by atoms with van der Waals surface area (Å²) >= 11 is 6.04. The van der Waals surface area contributed by atoms with Crippen molar-refractivity contribution in [3.63, 3.8) is 0 Å². The highest BCUT2D eigenvalue weighted by Crippen LogP contribution is 2.31. The van der Waals surface area contributed by atoms with Gasteiger partial charge in [0.25, 0.3) is 0 Å². The molecule has 0 aliphatic rings. The van der Waals surface area contributed by atoms with E-state index in [4.69, 9.17) is 26.7 Å². The molecule has 2 aromatic carbocycles. The number of nitrogens with zero attached hydrogens (tertiary/aromatic N) is 3. The van der Waals surface area contributed by atoms with Crippen LogP contribution in [-0.2, 0) is 0 Å². The van der Waals surface area contributed by atoms with Crippen LogP contribution in [0.3, 0.4) is 0 Å². The molecule has 5 nitrogen and oxygen atoms in total. The fraction of sp³-hybridized carbons (Fsp3) is 0.0952. The largest absolute Gasteiger partial charge is 0.395 e. The molecule has 4 aromatic rings. The number of pyridine rings is 1. The molecular weight excluding hydrogens is 360 g/mol. The van der Waals surface area contributed by atoms with Gasteiger partial charge in [-0.05, 0) is 24.3 Å². The Morgan fingerprint density at radius 2 is 1.48 bits per heavy atom. The number of anilines is 1. The molecule has 27 heavy (non-hydrogen) atoms. The molecule has 0 saturated carbocycles. The third-order valence-electron chi connectivity index (χ3n) is 4.11. The molecule has 134 valence electrons. The van der Waals surface area contributed by atoms with Crippen molar-refractivity contribution in [1.29, 1.82) is 0 Å². The van der Waals surface area contributed by atoms with Crippen LogP contribution in [0, 0.1) is 0 Å². The Bertz CT molecular complexity index is 1070. The van der Waals surface area contributed by atoms with Gasteiger partial charge >= 0.3 is 0 Å². The molecule has 0 aliphatic heterocycles. The van der Waals surface area contributed by atoms with E-state index in [1.165, 1.54) is 0 Å². The monoisotopic (exact) mass is 376 g/mol.